The molecule has 0 unspecified atom stereocenters. The van der Waals surface area contributed by atoms with Crippen LogP contribution in [0.15, 0.2) is 53.7 Å². The van der Waals surface area contributed by atoms with Crippen molar-refractivity contribution in [3.63, 3.8) is 0 Å². The average molecular weight is 504 g/mol. The summed E-state index contributed by atoms with van der Waals surface area (Å²) in [4.78, 5) is 30.0. The summed E-state index contributed by atoms with van der Waals surface area (Å²) < 4.78 is 25.5. The first-order valence-corrected chi connectivity index (χ1v) is 11.6. The number of carbonyl (C=O) groups excluding carboxylic acids is 1. The number of hydrogen-bond acceptors (Lipinski definition) is 5. The van der Waals surface area contributed by atoms with E-state index in [1.807, 2.05) is 44.4 Å². The summed E-state index contributed by atoms with van der Waals surface area (Å²) in [7, 11) is 3.47. The number of halogens is 1. The van der Waals surface area contributed by atoms with Crippen molar-refractivity contribution >= 4 is 22.8 Å². The Labute approximate surface area is 211 Å². The van der Waals surface area contributed by atoms with Crippen LogP contribution in [0.5, 0.6) is 5.75 Å². The monoisotopic (exact) mass is 503 g/mol. The Morgan fingerprint density at radius 3 is 2.68 bits per heavy atom. The van der Waals surface area contributed by atoms with Gasteiger partial charge in [0.25, 0.3) is 0 Å². The molecule has 5 aromatic rings. The molecule has 5 rings (SSSR count). The van der Waals surface area contributed by atoms with E-state index in [1.54, 1.807) is 24.6 Å². The molecule has 10 nitrogen and oxygen atoms in total. The van der Waals surface area contributed by atoms with E-state index in [2.05, 4.69) is 20.5 Å². The molecule has 0 radical (unpaired) electrons. The van der Waals surface area contributed by atoms with Crippen molar-refractivity contribution in [1.82, 2.24) is 28.9 Å². The minimum Gasteiger partial charge on any atom is -0.482 e. The molecule has 11 heteroatoms. The third-order valence-electron chi connectivity index (χ3n) is 6.25. The zero-order chi connectivity index (χ0) is 26.3. The van der Waals surface area contributed by atoms with Gasteiger partial charge in [-0.25, -0.2) is 14.2 Å². The van der Waals surface area contributed by atoms with Gasteiger partial charge in [-0.15, -0.1) is 0 Å². The second-order valence-corrected chi connectivity index (χ2v) is 8.99. The number of hydrogen-bond donors (Lipinski definition) is 2. The van der Waals surface area contributed by atoms with Crippen LogP contribution < -0.4 is 15.7 Å². The number of aryl methyl sites for hydroxylation is 4. The molecule has 3 heterocycles. The van der Waals surface area contributed by atoms with Crippen LogP contribution in [0, 0.1) is 19.7 Å². The number of benzene rings is 2. The normalized spacial score (nSPS) is 11.3. The van der Waals surface area contributed by atoms with Crippen molar-refractivity contribution in [2.75, 3.05) is 5.32 Å². The molecule has 1 amide bonds. The van der Waals surface area contributed by atoms with Gasteiger partial charge in [0, 0.05) is 25.9 Å². The molecule has 37 heavy (non-hydrogen) atoms. The average Bonchev–Trinajstić information content (AvgIpc) is 3.56. The molecule has 2 N–H and O–H groups in total. The highest BCUT2D eigenvalue weighted by Crippen LogP contribution is 2.34. The van der Waals surface area contributed by atoms with Gasteiger partial charge < -0.3 is 14.6 Å². The Balaban J connectivity index is 1.53. The largest absolute Gasteiger partial charge is 0.482 e. The topological polar surface area (TPSA) is 112 Å². The molecule has 0 aliphatic heterocycles. The van der Waals surface area contributed by atoms with Crippen LogP contribution in [-0.4, -0.2) is 34.8 Å². The number of aromatic nitrogens is 6. The van der Waals surface area contributed by atoms with Crippen LogP contribution in [0.2, 0.25) is 0 Å². The highest BCUT2D eigenvalue weighted by molar-refractivity contribution is 5.95. The Bertz CT molecular complexity index is 1660. The van der Waals surface area contributed by atoms with Gasteiger partial charge in [0.05, 0.1) is 11.0 Å². The molecule has 2 aromatic carbocycles. The number of anilines is 1. The molecule has 0 atom stereocenters. The molecule has 0 saturated heterocycles. The fraction of sp³-hybridized carbons (Fsp3) is 0.231. The van der Waals surface area contributed by atoms with E-state index in [9.17, 15) is 9.59 Å². The van der Waals surface area contributed by atoms with E-state index in [4.69, 9.17) is 4.74 Å². The maximum atomic E-state index is 15.2. The van der Waals surface area contributed by atoms with Crippen molar-refractivity contribution in [3.05, 3.63) is 82.2 Å². The summed E-state index contributed by atoms with van der Waals surface area (Å²) in [5.41, 5.74) is 3.60. The van der Waals surface area contributed by atoms with Gasteiger partial charge in [-0.05, 0) is 66.9 Å². The number of imidazole rings is 1. The minimum absolute atomic E-state index is 0.0496. The Morgan fingerprint density at radius 1 is 1.19 bits per heavy atom. The predicted molar refractivity (Wildman–Crippen MR) is 137 cm³/mol. The second kappa shape index (κ2) is 9.41. The van der Waals surface area contributed by atoms with Crippen LogP contribution in [0.3, 0.4) is 0 Å². The van der Waals surface area contributed by atoms with Gasteiger partial charge in [0.2, 0.25) is 5.91 Å². The van der Waals surface area contributed by atoms with Crippen molar-refractivity contribution in [1.29, 1.82) is 0 Å². The summed E-state index contributed by atoms with van der Waals surface area (Å²) in [6, 6.07) is 10.6. The van der Waals surface area contributed by atoms with E-state index in [0.29, 0.717) is 39.4 Å². The first-order chi connectivity index (χ1) is 17.7. The molecule has 0 spiro atoms. The van der Waals surface area contributed by atoms with Gasteiger partial charge in [-0.1, -0.05) is 0 Å². The van der Waals surface area contributed by atoms with Crippen LogP contribution in [0.25, 0.3) is 22.2 Å². The zero-order valence-corrected chi connectivity index (χ0v) is 20.9. The Morgan fingerprint density at radius 2 is 2.00 bits per heavy atom. The van der Waals surface area contributed by atoms with Gasteiger partial charge >= 0.3 is 5.69 Å². The van der Waals surface area contributed by atoms with Crippen molar-refractivity contribution in [2.45, 2.75) is 27.0 Å². The van der Waals surface area contributed by atoms with E-state index in [1.165, 1.54) is 21.5 Å². The Kier molecular flexibility index (Phi) is 6.12. The molecule has 190 valence electrons. The van der Waals surface area contributed by atoms with Crippen LogP contribution in [-0.2, 0) is 32.0 Å². The highest BCUT2D eigenvalue weighted by Gasteiger charge is 2.20. The predicted octanol–water partition coefficient (Wildman–Crippen LogP) is 3.44. The smallest absolute Gasteiger partial charge is 0.329 e. The number of H-pyrrole nitrogens is 1. The number of carbonyl (C=O) groups is 1. The van der Waals surface area contributed by atoms with Gasteiger partial charge in [0.15, 0.2) is 17.4 Å². The molecule has 3 aromatic heterocycles. The van der Waals surface area contributed by atoms with Crippen LogP contribution >= 0.6 is 0 Å². The SMILES string of the molecule is Cc1cc(-c2cc(C)c(OCc3ncn[nH]3)c(F)c2)c2c(c1)n(CC(=O)Nc1cccn1C)c(=O)n2C. The quantitative estimate of drug-likeness (QED) is 0.353. The fourth-order valence-electron chi connectivity index (χ4n) is 4.50. The molecular formula is C26H26FN7O3. The molecule has 0 saturated carbocycles. The number of amides is 1. The van der Waals surface area contributed by atoms with E-state index in [-0.39, 0.29) is 30.5 Å². The summed E-state index contributed by atoms with van der Waals surface area (Å²) >= 11 is 0. The second-order valence-electron chi connectivity index (χ2n) is 8.99. The fourth-order valence-corrected chi connectivity index (χ4v) is 4.50. The maximum Gasteiger partial charge on any atom is 0.329 e. The lowest BCUT2D eigenvalue weighted by Crippen LogP contribution is -2.28. The number of ether oxygens (including phenoxy) is 1. The molecule has 0 fully saturated rings. The zero-order valence-electron chi connectivity index (χ0n) is 20.9. The van der Waals surface area contributed by atoms with Crippen LogP contribution in [0.4, 0.5) is 10.2 Å². The lowest BCUT2D eigenvalue weighted by Gasteiger charge is -2.13. The van der Waals surface area contributed by atoms with E-state index in [0.717, 1.165) is 5.56 Å². The molecule has 0 bridgehead atoms. The standard InChI is InChI=1S/C26H26FN7O3/c1-15-8-18(17-10-16(2)25(19(27)11-17)37-13-21-28-14-29-31-21)24-20(9-15)34(26(36)33(24)4)12-23(35)30-22-6-5-7-32(22)3/h5-11,14H,12-13H2,1-4H3,(H,30,35)(H,28,29,31). The number of aromatic amines is 1. The summed E-state index contributed by atoms with van der Waals surface area (Å²) in [5.74, 6) is 0.375. The lowest BCUT2D eigenvalue weighted by molar-refractivity contribution is -0.116. The highest BCUT2D eigenvalue weighted by atomic mass is 19.1. The summed E-state index contributed by atoms with van der Waals surface area (Å²) in [6.45, 7) is 3.54. The molecule has 0 aliphatic carbocycles. The number of fused-ring (bicyclic) bond motifs is 1. The first-order valence-electron chi connectivity index (χ1n) is 11.6. The number of nitrogens with one attached hydrogen (secondary N) is 2. The van der Waals surface area contributed by atoms with Crippen molar-refractivity contribution < 1.29 is 13.9 Å². The minimum atomic E-state index is -0.532. The van der Waals surface area contributed by atoms with E-state index >= 15 is 4.39 Å². The van der Waals surface area contributed by atoms with Gasteiger partial charge in [-0.3, -0.25) is 19.0 Å². The summed E-state index contributed by atoms with van der Waals surface area (Å²) in [6.07, 6.45) is 3.18. The summed E-state index contributed by atoms with van der Waals surface area (Å²) in [5, 5.41) is 9.27. The van der Waals surface area contributed by atoms with Gasteiger partial charge in [0.1, 0.15) is 25.3 Å². The number of rotatable bonds is 7. The maximum absolute atomic E-state index is 15.2. The molecule has 0 aliphatic rings. The number of nitrogens with zero attached hydrogens (tertiary/aromatic N) is 5. The Hall–Kier alpha value is -4.67. The third kappa shape index (κ3) is 4.51. The van der Waals surface area contributed by atoms with Crippen molar-refractivity contribution in [3.8, 4) is 16.9 Å². The van der Waals surface area contributed by atoms with Gasteiger partial charge in [-0.2, -0.15) is 5.10 Å². The van der Waals surface area contributed by atoms with Crippen molar-refractivity contribution in [2.24, 2.45) is 14.1 Å². The van der Waals surface area contributed by atoms with E-state index < -0.39 is 5.82 Å². The third-order valence-corrected chi connectivity index (χ3v) is 6.25. The van der Waals surface area contributed by atoms with Crippen LogP contribution in [0.1, 0.15) is 17.0 Å². The first kappa shape index (κ1) is 24.0. The lowest BCUT2D eigenvalue weighted by atomic mass is 9.99. The molecular weight excluding hydrogens is 477 g/mol.